The third-order valence-corrected chi connectivity index (χ3v) is 18.6. The molecule has 2 aliphatic carbocycles. The van der Waals surface area contributed by atoms with Crippen LogP contribution < -0.4 is 42.2 Å². The Morgan fingerprint density at radius 2 is 1.62 bits per heavy atom. The van der Waals surface area contributed by atoms with Crippen LogP contribution in [-0.4, -0.2) is 189 Å². The minimum Gasteiger partial charge on any atom is -0.507 e. The number of hydrazine groups is 1. The Kier molecular flexibility index (Phi) is 21.4. The molecule has 10 N–H and O–H groups in total. The van der Waals surface area contributed by atoms with Crippen LogP contribution >= 0.6 is 22.6 Å². The Morgan fingerprint density at radius 1 is 0.902 bits per heavy atom. The second kappa shape index (κ2) is 28.9. The quantitative estimate of drug-likeness (QED) is 0.0109. The van der Waals surface area contributed by atoms with Gasteiger partial charge in [-0.25, -0.2) is 20.4 Å². The predicted octanol–water partition coefficient (Wildman–Crippen LogP) is 2.12. The molecule has 2 unspecified atom stereocenters. The molecule has 4 fully saturated rings. The van der Waals surface area contributed by atoms with Crippen molar-refractivity contribution in [3.63, 3.8) is 0 Å². The Balaban J connectivity index is 0.726. The molecule has 4 aliphatic heterocycles. The van der Waals surface area contributed by atoms with E-state index in [1.54, 1.807) is 26.0 Å². The van der Waals surface area contributed by atoms with Crippen LogP contribution in [0, 0.1) is 17.8 Å². The van der Waals surface area contributed by atoms with Gasteiger partial charge < -0.3 is 75.1 Å². The van der Waals surface area contributed by atoms with Gasteiger partial charge in [0.2, 0.25) is 35.3 Å². The van der Waals surface area contributed by atoms with Gasteiger partial charge in [0.15, 0.2) is 24.6 Å². The summed E-state index contributed by atoms with van der Waals surface area (Å²) in [6.45, 7) is 8.18. The van der Waals surface area contributed by atoms with Crippen molar-refractivity contribution in [3.8, 4) is 29.1 Å². The topological polar surface area (TPSA) is 387 Å². The molecule has 0 saturated carbocycles. The summed E-state index contributed by atoms with van der Waals surface area (Å²) in [4.78, 5) is 136. The molecule has 3 aromatic carbocycles. The highest BCUT2D eigenvalue weighted by Gasteiger charge is 2.56. The van der Waals surface area contributed by atoms with Gasteiger partial charge in [-0.1, -0.05) is 66.1 Å². The van der Waals surface area contributed by atoms with Crippen LogP contribution in [0.4, 0.5) is 15.3 Å². The maximum atomic E-state index is 14.3. The smallest absolute Gasteiger partial charge is 0.426 e. The molecular weight excluding hydrogens is 1320 g/mol. The van der Waals surface area contributed by atoms with Crippen molar-refractivity contribution in [2.75, 3.05) is 52.3 Å². The summed E-state index contributed by atoms with van der Waals surface area (Å²) in [6, 6.07) is 7.14. The van der Waals surface area contributed by atoms with Crippen molar-refractivity contribution >= 4 is 87.4 Å². The van der Waals surface area contributed by atoms with E-state index in [-0.39, 0.29) is 85.5 Å². The van der Waals surface area contributed by atoms with Crippen molar-refractivity contribution < 1.29 is 96.4 Å². The fourth-order valence-corrected chi connectivity index (χ4v) is 13.8. The standard InChI is InChI=1S/C62H74IN9O20/c1-8-18-61(63,19-9-2)37-25-42(74)72(55(37)81)22-17-41(73)66-30(3)53(79)67-31(4)54(80)68-34-15-13-33(14-16-34)29-89-60(84)70-69-59(83)65-21-20-64-58(82)62(85)27-36-45(51(78)47-46(49(36)76)48(75)35-11-10-12-39(86-6)44(35)50(47)77)40(28-62)91-43-26-38-52(32(5)90-43)92-56-57(87-7)88-24-23-71(38)56/h10-16,30-32,37-38,40,43,52,56-57,76,78,85H,8,17-18,20-29H2,1-7H3,(H,64,82)(H,66,73)(H,67,79)(H,68,80)(H,70,84)(H2,65,69,83)/t30-,31-,32-,37?,38-,40-,43-,52+,56+,57-,61?,62-/m0/s1. The third-order valence-electron chi connectivity index (χ3n) is 17.0. The second-order valence-corrected chi connectivity index (χ2v) is 25.0. The molecule has 92 heavy (non-hydrogen) atoms. The summed E-state index contributed by atoms with van der Waals surface area (Å²) in [7, 11) is 2.82. The van der Waals surface area contributed by atoms with Gasteiger partial charge in [-0.3, -0.25) is 48.2 Å². The van der Waals surface area contributed by atoms with Gasteiger partial charge in [0.1, 0.15) is 47.6 Å². The van der Waals surface area contributed by atoms with E-state index in [4.69, 9.17) is 33.2 Å². The lowest BCUT2D eigenvalue weighted by Gasteiger charge is -2.43. The predicted molar refractivity (Wildman–Crippen MR) is 329 cm³/mol. The molecule has 0 spiro atoms. The number of ether oxygens (including phenoxy) is 7. The number of amides is 9. The fourth-order valence-electron chi connectivity index (χ4n) is 12.5. The maximum Gasteiger partial charge on any atom is 0.426 e. The summed E-state index contributed by atoms with van der Waals surface area (Å²) < 4.78 is 40.4. The SMILES string of the molecule is CC#CC(I)(CCC)C1CC(=O)N(CCC(=O)N[C@@H](C)C(=O)N[C@@H](C)C(=O)Nc2ccc(COC(=O)NNC(=O)NCCNC(=O)[C@]3(O)Cc4c(O)c5c(c(O)c4[C@@H](O[C@H]4C[C@H]6[C@H](O[C@@H]7[C@@H](OC)OCCN76)[C@H](C)O4)C3)C(=O)c3c(OC)cccc3C5=O)cc2)C1=O. The first-order valence-corrected chi connectivity index (χ1v) is 31.1. The van der Waals surface area contributed by atoms with E-state index in [1.165, 1.54) is 58.4 Å². The fraction of sp³-hybridized carbons (Fsp3) is 0.516. The number of aliphatic hydroxyl groups is 1. The number of morpholine rings is 1. The van der Waals surface area contributed by atoms with Gasteiger partial charge in [0.05, 0.1) is 52.0 Å². The number of fused-ring (bicyclic) bond motifs is 6. The van der Waals surface area contributed by atoms with Gasteiger partial charge in [-0.05, 0) is 57.9 Å². The van der Waals surface area contributed by atoms with Crippen molar-refractivity contribution in [2.24, 2.45) is 5.92 Å². The van der Waals surface area contributed by atoms with Gasteiger partial charge >= 0.3 is 12.1 Å². The van der Waals surface area contributed by atoms with Crippen LogP contribution in [0.5, 0.6) is 17.2 Å². The minimum atomic E-state index is -2.40. The number of alkyl halides is 1. The third kappa shape index (κ3) is 14.3. The molecule has 0 bridgehead atoms. The zero-order valence-electron chi connectivity index (χ0n) is 51.6. The minimum absolute atomic E-state index is 0.00585. The van der Waals surface area contributed by atoms with Crippen LogP contribution in [-0.2, 0) is 70.2 Å². The number of nitrogens with one attached hydrogen (secondary N) is 7. The van der Waals surface area contributed by atoms with Gasteiger partial charge in [-0.15, -0.1) is 5.92 Å². The van der Waals surface area contributed by atoms with E-state index in [0.29, 0.717) is 30.8 Å². The molecule has 0 radical (unpaired) electrons. The zero-order chi connectivity index (χ0) is 66.5. The van der Waals surface area contributed by atoms with E-state index >= 15 is 0 Å². The Hall–Kier alpha value is -8.03. The Bertz CT molecular complexity index is 3490. The summed E-state index contributed by atoms with van der Waals surface area (Å²) >= 11 is 2.14. The number of imide groups is 1. The van der Waals surface area contributed by atoms with Crippen molar-refractivity contribution in [1.82, 2.24) is 41.9 Å². The van der Waals surface area contributed by atoms with Crippen molar-refractivity contribution in [1.29, 1.82) is 0 Å². The van der Waals surface area contributed by atoms with Gasteiger partial charge in [0, 0.05) is 93.8 Å². The average Bonchev–Trinajstić information content (AvgIpc) is 0.928. The number of phenols is 2. The molecule has 30 heteroatoms. The molecule has 4 saturated heterocycles. The molecule has 9 amide bonds. The highest BCUT2D eigenvalue weighted by atomic mass is 127. The normalized spacial score (nSPS) is 25.1. The lowest BCUT2D eigenvalue weighted by molar-refractivity contribution is -0.256. The number of aromatic hydroxyl groups is 2. The maximum absolute atomic E-state index is 14.3. The average molecular weight is 1390 g/mol. The number of likely N-dealkylation sites (tertiary alicyclic amines) is 1. The number of halogens is 1. The molecule has 494 valence electrons. The molecule has 3 aromatic rings. The van der Waals surface area contributed by atoms with Crippen LogP contribution in [0.25, 0.3) is 0 Å². The molecule has 0 aromatic heterocycles. The summed E-state index contributed by atoms with van der Waals surface area (Å²) in [5.41, 5.74) is 0.926. The second-order valence-electron chi connectivity index (χ2n) is 23.1. The lowest BCUT2D eigenvalue weighted by Crippen LogP contribution is -2.55. The number of carbonyl (C=O) groups excluding carboxylic acids is 10. The molecule has 12 atom stereocenters. The number of ketones is 2. The van der Waals surface area contributed by atoms with Crippen molar-refractivity contribution in [2.45, 2.75) is 150 Å². The largest absolute Gasteiger partial charge is 0.507 e. The van der Waals surface area contributed by atoms with E-state index in [2.05, 4.69) is 76.8 Å². The number of anilines is 1. The number of nitrogens with zero attached hydrogens (tertiary/aromatic N) is 2. The first-order valence-electron chi connectivity index (χ1n) is 30.0. The van der Waals surface area contributed by atoms with E-state index in [9.17, 15) is 63.3 Å². The van der Waals surface area contributed by atoms with Crippen LogP contribution in [0.1, 0.15) is 128 Å². The highest BCUT2D eigenvalue weighted by Crippen LogP contribution is 2.53. The van der Waals surface area contributed by atoms with Crippen LogP contribution in [0.2, 0.25) is 0 Å². The number of methoxy groups -OCH3 is 2. The number of phenolic OH excluding ortho intramolecular Hbond substituents is 2. The van der Waals surface area contributed by atoms with E-state index in [1.807, 2.05) is 6.92 Å². The van der Waals surface area contributed by atoms with Crippen LogP contribution in [0.15, 0.2) is 42.5 Å². The summed E-state index contributed by atoms with van der Waals surface area (Å²) in [5.74, 6) is -1.32. The highest BCUT2D eigenvalue weighted by molar-refractivity contribution is 14.1. The first kappa shape index (κ1) is 68.3. The Morgan fingerprint density at radius 3 is 2.33 bits per heavy atom. The summed E-state index contributed by atoms with van der Waals surface area (Å²) in [5, 5.41) is 49.1. The molecule has 29 nitrogen and oxygen atoms in total. The Labute approximate surface area is 542 Å². The monoisotopic (exact) mass is 1390 g/mol. The number of rotatable bonds is 21. The lowest BCUT2D eigenvalue weighted by atomic mass is 9.72. The number of hydrogen-bond donors (Lipinski definition) is 10. The zero-order valence-corrected chi connectivity index (χ0v) is 53.7. The van der Waals surface area contributed by atoms with Crippen LogP contribution in [0.3, 0.4) is 0 Å². The number of urea groups is 1. The number of hydrogen-bond acceptors (Lipinski definition) is 21. The van der Waals surface area contributed by atoms with Crippen molar-refractivity contribution in [3.05, 3.63) is 81.4 Å². The summed E-state index contributed by atoms with van der Waals surface area (Å²) in [6.07, 6.45) is -5.65. The number of carbonyl (C=O) groups is 10. The molecular formula is C62H74IN9O20. The van der Waals surface area contributed by atoms with Gasteiger partial charge in [-0.2, -0.15) is 0 Å². The molecule has 6 aliphatic rings. The van der Waals surface area contributed by atoms with Gasteiger partial charge in [0.25, 0.3) is 5.91 Å². The first-order chi connectivity index (χ1) is 43.8. The molecule has 9 rings (SSSR count). The van der Waals surface area contributed by atoms with E-state index < -0.39 is 153 Å². The van der Waals surface area contributed by atoms with E-state index in [0.717, 1.165) is 11.3 Å². The molecule has 4 heterocycles. The number of benzene rings is 3.